The Labute approximate surface area is 81.3 Å². The lowest BCUT2D eigenvalue weighted by molar-refractivity contribution is 1.37. The molecule has 0 aliphatic carbocycles. The van der Waals surface area contributed by atoms with Gasteiger partial charge in [-0.25, -0.2) is 4.98 Å². The second-order valence-electron chi connectivity index (χ2n) is 3.04. The Kier molecular flexibility index (Phi) is 1.85. The van der Waals surface area contributed by atoms with Gasteiger partial charge in [0.25, 0.3) is 0 Å². The summed E-state index contributed by atoms with van der Waals surface area (Å²) >= 11 is 5.82. The number of hydrogen-bond donors (Lipinski definition) is 1. The number of fused-ring (bicyclic) bond motifs is 1. The number of nitrogens with zero attached hydrogens (tertiary/aromatic N) is 1. The lowest BCUT2D eigenvalue weighted by Gasteiger charge is -2.02. The topological polar surface area (TPSA) is 38.9 Å². The molecule has 0 aliphatic heterocycles. The first-order chi connectivity index (χ1) is 6.16. The normalized spacial score (nSPS) is 10.6. The highest BCUT2D eigenvalue weighted by Gasteiger charge is 2.00. The highest BCUT2D eigenvalue weighted by molar-refractivity contribution is 6.29. The van der Waals surface area contributed by atoms with Crippen LogP contribution >= 0.6 is 11.6 Å². The Morgan fingerprint density at radius 3 is 2.85 bits per heavy atom. The van der Waals surface area contributed by atoms with E-state index < -0.39 is 0 Å². The van der Waals surface area contributed by atoms with E-state index in [4.69, 9.17) is 17.3 Å². The summed E-state index contributed by atoms with van der Waals surface area (Å²) < 4.78 is 0. The summed E-state index contributed by atoms with van der Waals surface area (Å²) in [5.41, 5.74) is 8.41. The van der Waals surface area contributed by atoms with Crippen molar-refractivity contribution in [3.8, 4) is 0 Å². The van der Waals surface area contributed by atoms with Crippen molar-refractivity contribution < 1.29 is 0 Å². The van der Waals surface area contributed by atoms with Gasteiger partial charge in [-0.2, -0.15) is 0 Å². The van der Waals surface area contributed by atoms with Crippen LogP contribution in [-0.4, -0.2) is 4.98 Å². The second-order valence-corrected chi connectivity index (χ2v) is 3.43. The number of halogens is 1. The molecule has 1 heterocycles. The Morgan fingerprint density at radius 1 is 1.31 bits per heavy atom. The van der Waals surface area contributed by atoms with Gasteiger partial charge in [-0.15, -0.1) is 0 Å². The fourth-order valence-electron chi connectivity index (χ4n) is 1.37. The van der Waals surface area contributed by atoms with E-state index in [2.05, 4.69) is 4.98 Å². The van der Waals surface area contributed by atoms with Gasteiger partial charge < -0.3 is 5.73 Å². The summed E-state index contributed by atoms with van der Waals surface area (Å²) in [6.07, 6.45) is 0. The average Bonchev–Trinajstić information content (AvgIpc) is 2.06. The van der Waals surface area contributed by atoms with Crippen LogP contribution in [0.5, 0.6) is 0 Å². The molecule has 0 unspecified atom stereocenters. The van der Waals surface area contributed by atoms with Crippen LogP contribution in [0.4, 0.5) is 5.69 Å². The van der Waals surface area contributed by atoms with Crippen molar-refractivity contribution in [3.05, 3.63) is 35.0 Å². The minimum absolute atomic E-state index is 0.523. The number of anilines is 1. The highest BCUT2D eigenvalue weighted by atomic mass is 35.5. The molecule has 2 rings (SSSR count). The number of nitrogen functional groups attached to an aromatic ring is 1. The molecule has 13 heavy (non-hydrogen) atoms. The first-order valence-electron chi connectivity index (χ1n) is 3.99. The highest BCUT2D eigenvalue weighted by Crippen LogP contribution is 2.21. The average molecular weight is 193 g/mol. The SMILES string of the molecule is Cc1cc(Cl)nc2ccc(N)cc12. The number of nitrogens with two attached hydrogens (primary N) is 1. The summed E-state index contributed by atoms with van der Waals surface area (Å²) in [5, 5.41) is 1.58. The van der Waals surface area contributed by atoms with Crippen LogP contribution in [0.15, 0.2) is 24.3 Å². The van der Waals surface area contributed by atoms with Crippen molar-refractivity contribution in [2.24, 2.45) is 0 Å². The van der Waals surface area contributed by atoms with Crippen molar-refractivity contribution in [3.63, 3.8) is 0 Å². The van der Waals surface area contributed by atoms with Gasteiger partial charge in [0.2, 0.25) is 0 Å². The van der Waals surface area contributed by atoms with Gasteiger partial charge in [0.15, 0.2) is 0 Å². The maximum atomic E-state index is 5.82. The molecule has 0 amide bonds. The first-order valence-corrected chi connectivity index (χ1v) is 4.37. The molecule has 3 heteroatoms. The van der Waals surface area contributed by atoms with E-state index in [0.717, 1.165) is 22.2 Å². The molecular weight excluding hydrogens is 184 g/mol. The van der Waals surface area contributed by atoms with Gasteiger partial charge in [-0.05, 0) is 36.8 Å². The molecule has 0 radical (unpaired) electrons. The van der Waals surface area contributed by atoms with Gasteiger partial charge >= 0.3 is 0 Å². The van der Waals surface area contributed by atoms with E-state index in [-0.39, 0.29) is 0 Å². The van der Waals surface area contributed by atoms with Gasteiger partial charge in [-0.1, -0.05) is 11.6 Å². The maximum absolute atomic E-state index is 5.82. The van der Waals surface area contributed by atoms with Crippen LogP contribution in [0.2, 0.25) is 5.15 Å². The third-order valence-electron chi connectivity index (χ3n) is 2.01. The first kappa shape index (κ1) is 8.32. The van der Waals surface area contributed by atoms with Gasteiger partial charge in [0.1, 0.15) is 5.15 Å². The molecule has 66 valence electrons. The molecule has 2 aromatic rings. The van der Waals surface area contributed by atoms with Crippen molar-refractivity contribution in [2.45, 2.75) is 6.92 Å². The molecule has 0 fully saturated rings. The number of rotatable bonds is 0. The van der Waals surface area contributed by atoms with Crippen LogP contribution in [0, 0.1) is 6.92 Å². The fourth-order valence-corrected chi connectivity index (χ4v) is 1.63. The summed E-state index contributed by atoms with van der Waals surface area (Å²) in [4.78, 5) is 4.19. The number of hydrogen-bond acceptors (Lipinski definition) is 2. The predicted molar refractivity (Wildman–Crippen MR) is 55.9 cm³/mol. The van der Waals surface area contributed by atoms with Crippen LogP contribution in [0.3, 0.4) is 0 Å². The zero-order valence-corrected chi connectivity index (χ0v) is 7.97. The summed E-state index contributed by atoms with van der Waals surface area (Å²) in [6.45, 7) is 2.00. The van der Waals surface area contributed by atoms with E-state index in [1.54, 1.807) is 0 Å². The number of aryl methyl sites for hydroxylation is 1. The largest absolute Gasteiger partial charge is 0.399 e. The Morgan fingerprint density at radius 2 is 2.08 bits per heavy atom. The van der Waals surface area contributed by atoms with Gasteiger partial charge in [0, 0.05) is 11.1 Å². The molecule has 0 atom stereocenters. The minimum Gasteiger partial charge on any atom is -0.399 e. The van der Waals surface area contributed by atoms with Gasteiger partial charge in [-0.3, -0.25) is 0 Å². The molecule has 1 aromatic carbocycles. The lowest BCUT2D eigenvalue weighted by Crippen LogP contribution is -1.88. The van der Waals surface area contributed by atoms with Crippen LogP contribution in [0.25, 0.3) is 10.9 Å². The van der Waals surface area contributed by atoms with Crippen molar-refractivity contribution in [2.75, 3.05) is 5.73 Å². The van der Waals surface area contributed by atoms with Gasteiger partial charge in [0.05, 0.1) is 5.52 Å². The Bertz CT molecular complexity index is 466. The number of benzene rings is 1. The monoisotopic (exact) mass is 192 g/mol. The quantitative estimate of drug-likeness (QED) is 0.515. The molecule has 0 spiro atoms. The van der Waals surface area contributed by atoms with E-state index in [1.807, 2.05) is 31.2 Å². The van der Waals surface area contributed by atoms with E-state index in [0.29, 0.717) is 5.15 Å². The zero-order chi connectivity index (χ0) is 9.42. The third kappa shape index (κ3) is 1.45. The molecule has 0 aliphatic rings. The Hall–Kier alpha value is -1.28. The van der Waals surface area contributed by atoms with Crippen molar-refractivity contribution >= 4 is 28.2 Å². The van der Waals surface area contributed by atoms with Crippen LogP contribution < -0.4 is 5.73 Å². The smallest absolute Gasteiger partial charge is 0.130 e. The second kappa shape index (κ2) is 2.89. The van der Waals surface area contributed by atoms with E-state index in [1.165, 1.54) is 0 Å². The lowest BCUT2D eigenvalue weighted by atomic mass is 10.1. The number of pyridine rings is 1. The molecule has 0 saturated heterocycles. The van der Waals surface area contributed by atoms with Crippen molar-refractivity contribution in [1.29, 1.82) is 0 Å². The molecule has 2 N–H and O–H groups in total. The molecular formula is C10H9ClN2. The van der Waals surface area contributed by atoms with Crippen LogP contribution in [-0.2, 0) is 0 Å². The zero-order valence-electron chi connectivity index (χ0n) is 7.21. The Balaban J connectivity index is 2.87. The molecule has 2 nitrogen and oxygen atoms in total. The minimum atomic E-state index is 0.523. The molecule has 0 bridgehead atoms. The summed E-state index contributed by atoms with van der Waals surface area (Å²) in [6, 6.07) is 7.45. The third-order valence-corrected chi connectivity index (χ3v) is 2.20. The summed E-state index contributed by atoms with van der Waals surface area (Å²) in [7, 11) is 0. The van der Waals surface area contributed by atoms with Crippen LogP contribution in [0.1, 0.15) is 5.56 Å². The molecule has 0 saturated carbocycles. The number of aromatic nitrogens is 1. The fraction of sp³-hybridized carbons (Fsp3) is 0.100. The predicted octanol–water partition coefficient (Wildman–Crippen LogP) is 2.78. The maximum Gasteiger partial charge on any atom is 0.130 e. The van der Waals surface area contributed by atoms with Crippen molar-refractivity contribution in [1.82, 2.24) is 4.98 Å². The standard InChI is InChI=1S/C10H9ClN2/c1-6-4-10(11)13-9-3-2-7(12)5-8(6)9/h2-5H,12H2,1H3. The summed E-state index contributed by atoms with van der Waals surface area (Å²) in [5.74, 6) is 0. The van der Waals surface area contributed by atoms with E-state index >= 15 is 0 Å². The van der Waals surface area contributed by atoms with E-state index in [9.17, 15) is 0 Å². The molecule has 1 aromatic heterocycles.